The van der Waals surface area contributed by atoms with Gasteiger partial charge < -0.3 is 15.5 Å². The lowest BCUT2D eigenvalue weighted by Gasteiger charge is -2.31. The zero-order valence-corrected chi connectivity index (χ0v) is 15.2. The van der Waals surface area contributed by atoms with Crippen molar-refractivity contribution < 1.29 is 0 Å². The van der Waals surface area contributed by atoms with Gasteiger partial charge in [0.05, 0.1) is 0 Å². The minimum atomic E-state index is 0.270. The first-order valence-corrected chi connectivity index (χ1v) is 9.40. The van der Waals surface area contributed by atoms with Gasteiger partial charge in [-0.05, 0) is 44.3 Å². The molecule has 0 bridgehead atoms. The molecule has 0 aromatic heterocycles. The molecule has 24 heavy (non-hydrogen) atoms. The van der Waals surface area contributed by atoms with Crippen LogP contribution in [0.3, 0.4) is 0 Å². The van der Waals surface area contributed by atoms with Crippen molar-refractivity contribution in [2.45, 2.75) is 37.5 Å². The molecule has 1 saturated heterocycles. The van der Waals surface area contributed by atoms with Crippen molar-refractivity contribution in [2.75, 3.05) is 40.3 Å². The average molecular weight is 329 g/mol. The Morgan fingerprint density at radius 2 is 1.96 bits per heavy atom. The molecule has 0 amide bonds. The fourth-order valence-corrected chi connectivity index (χ4v) is 4.32. The molecule has 1 aliphatic carbocycles. The van der Waals surface area contributed by atoms with Crippen LogP contribution in [0.15, 0.2) is 35.3 Å². The molecule has 1 aromatic carbocycles. The Bertz CT molecular complexity index is 534. The maximum atomic E-state index is 4.43. The van der Waals surface area contributed by atoms with Crippen LogP contribution in [0, 0.1) is 5.92 Å². The molecule has 1 saturated carbocycles. The molecule has 2 N–H and O–H groups in total. The molecule has 1 aliphatic heterocycles. The molecule has 1 atom stereocenters. The van der Waals surface area contributed by atoms with Gasteiger partial charge in [-0.2, -0.15) is 0 Å². The highest BCUT2D eigenvalue weighted by atomic mass is 15.2. The molecule has 0 radical (unpaired) electrons. The summed E-state index contributed by atoms with van der Waals surface area (Å²) in [6.07, 6.45) is 6.49. The smallest absolute Gasteiger partial charge is 0.191 e. The van der Waals surface area contributed by atoms with Gasteiger partial charge in [0.1, 0.15) is 0 Å². The van der Waals surface area contributed by atoms with E-state index in [2.05, 4.69) is 57.9 Å². The van der Waals surface area contributed by atoms with Crippen molar-refractivity contribution in [1.29, 1.82) is 0 Å². The molecule has 1 unspecified atom stereocenters. The third-order valence-corrected chi connectivity index (χ3v) is 5.81. The minimum Gasteiger partial charge on any atom is -0.356 e. The van der Waals surface area contributed by atoms with Crippen LogP contribution in [0.5, 0.6) is 0 Å². The first-order chi connectivity index (χ1) is 11.7. The second-order valence-corrected chi connectivity index (χ2v) is 7.58. The summed E-state index contributed by atoms with van der Waals surface area (Å²) in [5.74, 6) is 1.69. The van der Waals surface area contributed by atoms with E-state index in [0.29, 0.717) is 0 Å². The second-order valence-electron chi connectivity index (χ2n) is 7.58. The average Bonchev–Trinajstić information content (AvgIpc) is 3.26. The second kappa shape index (κ2) is 8.02. The van der Waals surface area contributed by atoms with Crippen LogP contribution in [-0.4, -0.2) is 51.1 Å². The quantitative estimate of drug-likeness (QED) is 0.645. The number of nitrogens with zero attached hydrogens (tertiary/aromatic N) is 2. The van der Waals surface area contributed by atoms with Crippen molar-refractivity contribution in [2.24, 2.45) is 10.9 Å². The van der Waals surface area contributed by atoms with Crippen molar-refractivity contribution >= 4 is 5.96 Å². The van der Waals surface area contributed by atoms with Crippen molar-refractivity contribution in [3.05, 3.63) is 35.9 Å². The fourth-order valence-electron chi connectivity index (χ4n) is 4.32. The number of aliphatic imine (C=N–C) groups is 1. The number of benzene rings is 1. The highest BCUT2D eigenvalue weighted by Gasteiger charge is 2.35. The van der Waals surface area contributed by atoms with Gasteiger partial charge in [-0.3, -0.25) is 4.99 Å². The van der Waals surface area contributed by atoms with Gasteiger partial charge >= 0.3 is 0 Å². The Morgan fingerprint density at radius 3 is 2.58 bits per heavy atom. The number of likely N-dealkylation sites (tertiary alicyclic amines) is 1. The summed E-state index contributed by atoms with van der Waals surface area (Å²) in [5.41, 5.74) is 1.75. The molecule has 1 heterocycles. The van der Waals surface area contributed by atoms with Crippen molar-refractivity contribution in [1.82, 2.24) is 15.5 Å². The van der Waals surface area contributed by atoms with Gasteiger partial charge in [0.25, 0.3) is 0 Å². The van der Waals surface area contributed by atoms with Crippen LogP contribution in [0.4, 0.5) is 0 Å². The normalized spacial score (nSPS) is 24.2. The number of rotatable bonds is 5. The van der Waals surface area contributed by atoms with Gasteiger partial charge in [0.2, 0.25) is 0 Å². The van der Waals surface area contributed by atoms with Gasteiger partial charge in [0.15, 0.2) is 5.96 Å². The van der Waals surface area contributed by atoms with Gasteiger partial charge in [-0.1, -0.05) is 43.2 Å². The van der Waals surface area contributed by atoms with Crippen molar-refractivity contribution in [3.63, 3.8) is 0 Å². The first-order valence-electron chi connectivity index (χ1n) is 9.40. The van der Waals surface area contributed by atoms with Crippen LogP contribution in [0.2, 0.25) is 0 Å². The molecule has 4 nitrogen and oxygen atoms in total. The van der Waals surface area contributed by atoms with Crippen molar-refractivity contribution in [3.8, 4) is 0 Å². The Labute approximate surface area is 146 Å². The summed E-state index contributed by atoms with van der Waals surface area (Å²) in [7, 11) is 4.08. The zero-order chi connectivity index (χ0) is 16.8. The third-order valence-electron chi connectivity index (χ3n) is 5.81. The highest BCUT2D eigenvalue weighted by Crippen LogP contribution is 2.40. The summed E-state index contributed by atoms with van der Waals surface area (Å²) in [5, 5.41) is 7.15. The van der Waals surface area contributed by atoms with Crippen LogP contribution < -0.4 is 10.6 Å². The lowest BCUT2D eigenvalue weighted by molar-refractivity contribution is 0.393. The standard InChI is InChI=1S/C20H32N4/c1-21-19(22-14-17-10-13-24(2)15-17)23-16-20(11-6-7-12-20)18-8-4-3-5-9-18/h3-5,8-9,17H,6-7,10-16H2,1-2H3,(H2,21,22,23). The van der Waals surface area contributed by atoms with E-state index in [1.54, 1.807) is 0 Å². The van der Waals surface area contributed by atoms with Crippen LogP contribution in [0.1, 0.15) is 37.7 Å². The lowest BCUT2D eigenvalue weighted by Crippen LogP contribution is -2.46. The van der Waals surface area contributed by atoms with E-state index in [9.17, 15) is 0 Å². The summed E-state index contributed by atoms with van der Waals surface area (Å²) in [6, 6.07) is 11.0. The van der Waals surface area contributed by atoms with Crippen LogP contribution in [0.25, 0.3) is 0 Å². The number of hydrogen-bond donors (Lipinski definition) is 2. The summed E-state index contributed by atoms with van der Waals surface area (Å²) in [4.78, 5) is 6.84. The summed E-state index contributed by atoms with van der Waals surface area (Å²) < 4.78 is 0. The number of hydrogen-bond acceptors (Lipinski definition) is 2. The van der Waals surface area contributed by atoms with E-state index in [1.807, 2.05) is 7.05 Å². The molecular weight excluding hydrogens is 296 g/mol. The Kier molecular flexibility index (Phi) is 5.77. The monoisotopic (exact) mass is 328 g/mol. The highest BCUT2D eigenvalue weighted by molar-refractivity contribution is 5.79. The van der Waals surface area contributed by atoms with E-state index in [-0.39, 0.29) is 5.41 Å². The molecule has 1 aromatic rings. The molecule has 132 valence electrons. The number of guanidine groups is 1. The maximum absolute atomic E-state index is 4.43. The zero-order valence-electron chi connectivity index (χ0n) is 15.2. The Morgan fingerprint density at radius 1 is 1.21 bits per heavy atom. The van der Waals surface area contributed by atoms with Gasteiger partial charge in [0, 0.05) is 32.1 Å². The molecule has 2 aliphatic rings. The summed E-state index contributed by atoms with van der Waals surface area (Å²) in [6.45, 7) is 4.40. The predicted molar refractivity (Wildman–Crippen MR) is 102 cm³/mol. The van der Waals surface area contributed by atoms with E-state index in [4.69, 9.17) is 0 Å². The lowest BCUT2D eigenvalue weighted by atomic mass is 9.79. The fraction of sp³-hybridized carbons (Fsp3) is 0.650. The molecular formula is C20H32N4. The maximum Gasteiger partial charge on any atom is 0.191 e. The van der Waals surface area contributed by atoms with E-state index in [0.717, 1.165) is 25.0 Å². The minimum absolute atomic E-state index is 0.270. The topological polar surface area (TPSA) is 39.7 Å². The molecule has 0 spiro atoms. The number of nitrogens with one attached hydrogen (secondary N) is 2. The van der Waals surface area contributed by atoms with Crippen LogP contribution >= 0.6 is 0 Å². The van der Waals surface area contributed by atoms with Gasteiger partial charge in [-0.25, -0.2) is 0 Å². The van der Waals surface area contributed by atoms with E-state index in [1.165, 1.54) is 50.8 Å². The molecule has 2 fully saturated rings. The van der Waals surface area contributed by atoms with E-state index >= 15 is 0 Å². The molecule has 4 heteroatoms. The largest absolute Gasteiger partial charge is 0.356 e. The summed E-state index contributed by atoms with van der Waals surface area (Å²) >= 11 is 0. The molecule has 3 rings (SSSR count). The van der Waals surface area contributed by atoms with Gasteiger partial charge in [-0.15, -0.1) is 0 Å². The predicted octanol–water partition coefficient (Wildman–Crippen LogP) is 2.62. The SMILES string of the molecule is CN=C(NCC1CCN(C)C1)NCC1(c2ccccc2)CCCC1. The Hall–Kier alpha value is -1.55. The van der Waals surface area contributed by atoms with E-state index < -0.39 is 0 Å². The third kappa shape index (κ3) is 4.10. The van der Waals surface area contributed by atoms with Crippen LogP contribution in [-0.2, 0) is 5.41 Å². The Balaban J connectivity index is 1.55. The first kappa shape index (κ1) is 17.3.